The third kappa shape index (κ3) is 3.02. The van der Waals surface area contributed by atoms with E-state index in [1.165, 1.54) is 36.0 Å². The average Bonchev–Trinajstić information content (AvgIpc) is 2.89. The van der Waals surface area contributed by atoms with Gasteiger partial charge in [-0.05, 0) is 61.4 Å². The SMILES string of the molecule is Cc1cc(Cl)nc(Cl)c1NC(C)c1ccc2c(c1)CCC2. The number of nitrogens with one attached hydrogen (secondary N) is 1. The Balaban J connectivity index is 1.85. The molecule has 1 aliphatic carbocycles. The van der Waals surface area contributed by atoms with E-state index in [1.807, 2.05) is 13.0 Å². The van der Waals surface area contributed by atoms with Crippen LogP contribution in [0.5, 0.6) is 0 Å². The summed E-state index contributed by atoms with van der Waals surface area (Å²) >= 11 is 12.1. The van der Waals surface area contributed by atoms with Gasteiger partial charge in [-0.2, -0.15) is 0 Å². The first-order chi connectivity index (χ1) is 10.0. The van der Waals surface area contributed by atoms with E-state index < -0.39 is 0 Å². The minimum atomic E-state index is 0.176. The number of fused-ring (bicyclic) bond motifs is 1. The van der Waals surface area contributed by atoms with Crippen LogP contribution in [0.4, 0.5) is 5.69 Å². The zero-order valence-corrected chi connectivity index (χ0v) is 13.7. The van der Waals surface area contributed by atoms with Gasteiger partial charge in [0.15, 0.2) is 5.15 Å². The first-order valence-electron chi connectivity index (χ1n) is 7.25. The molecule has 2 nitrogen and oxygen atoms in total. The van der Waals surface area contributed by atoms with Crippen molar-refractivity contribution in [3.63, 3.8) is 0 Å². The molecule has 1 N–H and O–H groups in total. The van der Waals surface area contributed by atoms with Crippen LogP contribution < -0.4 is 5.32 Å². The number of aromatic nitrogens is 1. The number of aryl methyl sites for hydroxylation is 3. The van der Waals surface area contributed by atoms with Gasteiger partial charge in [0.2, 0.25) is 0 Å². The maximum absolute atomic E-state index is 6.20. The van der Waals surface area contributed by atoms with E-state index in [0.717, 1.165) is 11.3 Å². The van der Waals surface area contributed by atoms with Gasteiger partial charge < -0.3 is 5.32 Å². The summed E-state index contributed by atoms with van der Waals surface area (Å²) in [4.78, 5) is 4.11. The molecule has 1 aliphatic rings. The Morgan fingerprint density at radius 3 is 2.67 bits per heavy atom. The average molecular weight is 321 g/mol. The summed E-state index contributed by atoms with van der Waals surface area (Å²) in [5.74, 6) is 0. The van der Waals surface area contributed by atoms with Gasteiger partial charge in [-0.15, -0.1) is 0 Å². The van der Waals surface area contributed by atoms with Crippen LogP contribution in [-0.4, -0.2) is 4.98 Å². The summed E-state index contributed by atoms with van der Waals surface area (Å²) in [6.07, 6.45) is 3.67. The van der Waals surface area contributed by atoms with Crippen LogP contribution in [0.2, 0.25) is 10.3 Å². The van der Waals surface area contributed by atoms with Crippen molar-refractivity contribution >= 4 is 28.9 Å². The molecule has 0 bridgehead atoms. The molecule has 1 aromatic heterocycles. The maximum atomic E-state index is 6.20. The van der Waals surface area contributed by atoms with Crippen LogP contribution in [0.3, 0.4) is 0 Å². The van der Waals surface area contributed by atoms with Crippen LogP contribution in [0.15, 0.2) is 24.3 Å². The molecule has 21 heavy (non-hydrogen) atoms. The van der Waals surface area contributed by atoms with Crippen molar-refractivity contribution in [1.82, 2.24) is 4.98 Å². The number of nitrogens with zero attached hydrogens (tertiary/aromatic N) is 1. The highest BCUT2D eigenvalue weighted by molar-refractivity contribution is 6.34. The van der Waals surface area contributed by atoms with Crippen LogP contribution in [-0.2, 0) is 12.8 Å². The Bertz CT molecular complexity index is 659. The maximum Gasteiger partial charge on any atom is 0.154 e. The highest BCUT2D eigenvalue weighted by Crippen LogP contribution is 2.31. The van der Waals surface area contributed by atoms with Crippen molar-refractivity contribution < 1.29 is 0 Å². The predicted molar refractivity (Wildman–Crippen MR) is 89.5 cm³/mol. The lowest BCUT2D eigenvalue weighted by atomic mass is 10.0. The minimum Gasteiger partial charge on any atom is -0.376 e. The van der Waals surface area contributed by atoms with Gasteiger partial charge in [0.25, 0.3) is 0 Å². The second kappa shape index (κ2) is 5.86. The molecule has 1 aromatic carbocycles. The molecule has 0 fully saturated rings. The molecular formula is C17H18Cl2N2. The smallest absolute Gasteiger partial charge is 0.154 e. The first kappa shape index (κ1) is 14.7. The van der Waals surface area contributed by atoms with Crippen LogP contribution in [0.25, 0.3) is 0 Å². The van der Waals surface area contributed by atoms with Gasteiger partial charge >= 0.3 is 0 Å². The molecule has 110 valence electrons. The molecule has 0 aliphatic heterocycles. The molecule has 3 rings (SSSR count). The first-order valence-corrected chi connectivity index (χ1v) is 8.01. The van der Waals surface area contributed by atoms with E-state index in [4.69, 9.17) is 23.2 Å². The largest absolute Gasteiger partial charge is 0.376 e. The lowest BCUT2D eigenvalue weighted by Gasteiger charge is -2.19. The van der Waals surface area contributed by atoms with Gasteiger partial charge in [0.1, 0.15) is 5.15 Å². The highest BCUT2D eigenvalue weighted by Gasteiger charge is 2.15. The Morgan fingerprint density at radius 2 is 1.90 bits per heavy atom. The van der Waals surface area contributed by atoms with E-state index in [0.29, 0.717) is 10.3 Å². The lowest BCUT2D eigenvalue weighted by molar-refractivity contribution is 0.875. The molecule has 0 spiro atoms. The summed E-state index contributed by atoms with van der Waals surface area (Å²) < 4.78 is 0. The molecule has 1 atom stereocenters. The molecule has 0 saturated carbocycles. The second-order valence-corrected chi connectivity index (χ2v) is 6.42. The quantitative estimate of drug-likeness (QED) is 0.770. The summed E-state index contributed by atoms with van der Waals surface area (Å²) in [5.41, 5.74) is 6.12. The third-order valence-electron chi connectivity index (χ3n) is 4.12. The molecule has 0 radical (unpaired) electrons. The summed E-state index contributed by atoms with van der Waals surface area (Å²) in [6.45, 7) is 4.12. The van der Waals surface area contributed by atoms with E-state index >= 15 is 0 Å². The van der Waals surface area contributed by atoms with Crippen molar-refractivity contribution in [1.29, 1.82) is 0 Å². The number of hydrogen-bond acceptors (Lipinski definition) is 2. The molecule has 0 amide bonds. The standard InChI is InChI=1S/C17H18Cl2N2/c1-10-8-15(18)21-17(19)16(10)20-11(2)13-7-6-12-4-3-5-14(12)9-13/h6-9,11,20H,3-5H2,1-2H3. The van der Waals surface area contributed by atoms with Crippen molar-refractivity contribution in [2.75, 3.05) is 5.32 Å². The van der Waals surface area contributed by atoms with Gasteiger partial charge in [-0.3, -0.25) is 0 Å². The Kier molecular flexibility index (Phi) is 4.10. The van der Waals surface area contributed by atoms with Crippen molar-refractivity contribution in [3.8, 4) is 0 Å². The predicted octanol–water partition coefficient (Wildman–Crippen LogP) is 5.36. The summed E-state index contributed by atoms with van der Waals surface area (Å²) in [6, 6.07) is 8.77. The third-order valence-corrected chi connectivity index (χ3v) is 4.59. The molecule has 1 unspecified atom stereocenters. The molecule has 1 heterocycles. The normalized spacial score (nSPS) is 14.9. The fourth-order valence-corrected chi connectivity index (χ4v) is 3.52. The van der Waals surface area contributed by atoms with Gasteiger partial charge in [0, 0.05) is 6.04 Å². The van der Waals surface area contributed by atoms with Crippen molar-refractivity contribution in [2.45, 2.75) is 39.2 Å². The zero-order chi connectivity index (χ0) is 15.0. The fourth-order valence-electron chi connectivity index (χ4n) is 2.93. The molecule has 2 aromatic rings. The van der Waals surface area contributed by atoms with Crippen LogP contribution in [0.1, 0.15) is 41.6 Å². The molecular weight excluding hydrogens is 303 g/mol. The van der Waals surface area contributed by atoms with Crippen LogP contribution >= 0.6 is 23.2 Å². The van der Waals surface area contributed by atoms with E-state index in [-0.39, 0.29) is 6.04 Å². The Labute approximate surface area is 135 Å². The van der Waals surface area contributed by atoms with Crippen molar-refractivity contribution in [3.05, 3.63) is 56.8 Å². The minimum absolute atomic E-state index is 0.176. The van der Waals surface area contributed by atoms with Gasteiger partial charge in [-0.1, -0.05) is 41.4 Å². The Hall–Kier alpha value is -1.25. The van der Waals surface area contributed by atoms with E-state index in [9.17, 15) is 0 Å². The number of halogens is 2. The van der Waals surface area contributed by atoms with E-state index in [1.54, 1.807) is 0 Å². The number of hydrogen-bond donors (Lipinski definition) is 1. The fraction of sp³-hybridized carbons (Fsp3) is 0.353. The topological polar surface area (TPSA) is 24.9 Å². The summed E-state index contributed by atoms with van der Waals surface area (Å²) in [7, 11) is 0. The van der Waals surface area contributed by atoms with Gasteiger partial charge in [-0.25, -0.2) is 4.98 Å². The monoisotopic (exact) mass is 320 g/mol. The number of rotatable bonds is 3. The lowest BCUT2D eigenvalue weighted by Crippen LogP contribution is -2.09. The molecule has 4 heteroatoms. The summed E-state index contributed by atoms with van der Waals surface area (Å²) in [5, 5.41) is 4.31. The molecule has 0 saturated heterocycles. The van der Waals surface area contributed by atoms with Crippen molar-refractivity contribution in [2.24, 2.45) is 0 Å². The number of benzene rings is 1. The van der Waals surface area contributed by atoms with E-state index in [2.05, 4.69) is 35.4 Å². The zero-order valence-electron chi connectivity index (χ0n) is 12.2. The highest BCUT2D eigenvalue weighted by atomic mass is 35.5. The second-order valence-electron chi connectivity index (χ2n) is 5.68. The number of anilines is 1. The Morgan fingerprint density at radius 1 is 1.14 bits per heavy atom. The number of pyridine rings is 1. The van der Waals surface area contributed by atoms with Crippen LogP contribution in [0, 0.1) is 6.92 Å². The van der Waals surface area contributed by atoms with Gasteiger partial charge in [0.05, 0.1) is 5.69 Å².